The summed E-state index contributed by atoms with van der Waals surface area (Å²) in [6, 6.07) is 9.14. The van der Waals surface area contributed by atoms with E-state index >= 15 is 0 Å². The lowest BCUT2D eigenvalue weighted by atomic mass is 10.1. The molecule has 1 atom stereocenters. The number of rotatable bonds is 2. The maximum Gasteiger partial charge on any atom is 0.0638 e. The van der Waals surface area contributed by atoms with Gasteiger partial charge in [0.25, 0.3) is 0 Å². The molecule has 3 nitrogen and oxygen atoms in total. The van der Waals surface area contributed by atoms with Gasteiger partial charge in [-0.15, -0.1) is 0 Å². The second kappa shape index (κ2) is 6.08. The van der Waals surface area contributed by atoms with Crippen LogP contribution in [0.1, 0.15) is 24.0 Å². The third-order valence-corrected chi connectivity index (χ3v) is 4.08. The molecule has 3 heteroatoms. The summed E-state index contributed by atoms with van der Waals surface area (Å²) in [6.07, 6.45) is 1.77. The number of anilines is 1. The van der Waals surface area contributed by atoms with Crippen molar-refractivity contribution in [1.82, 2.24) is 4.90 Å². The van der Waals surface area contributed by atoms with Gasteiger partial charge >= 0.3 is 0 Å². The summed E-state index contributed by atoms with van der Waals surface area (Å²) in [5, 5.41) is 9.00. The lowest BCUT2D eigenvalue weighted by Gasteiger charge is -2.30. The summed E-state index contributed by atoms with van der Waals surface area (Å²) < 4.78 is 0. The van der Waals surface area contributed by atoms with E-state index in [1.54, 1.807) is 0 Å². The third kappa shape index (κ3) is 3.08. The highest BCUT2D eigenvalue weighted by molar-refractivity contribution is 5.59. The smallest absolute Gasteiger partial charge is 0.0638 e. The summed E-state index contributed by atoms with van der Waals surface area (Å²) in [4.78, 5) is 4.80. The number of benzene rings is 1. The first kappa shape index (κ1) is 13.9. The molecule has 2 rings (SSSR count). The van der Waals surface area contributed by atoms with Gasteiger partial charge in [-0.3, -0.25) is 0 Å². The van der Waals surface area contributed by atoms with Crippen LogP contribution in [0.5, 0.6) is 0 Å². The highest BCUT2D eigenvalue weighted by Gasteiger charge is 2.23. The van der Waals surface area contributed by atoms with Gasteiger partial charge in [-0.25, -0.2) is 0 Å². The zero-order chi connectivity index (χ0) is 13.8. The fourth-order valence-electron chi connectivity index (χ4n) is 3.01. The number of hydrogen-bond donors (Lipinski definition) is 0. The summed E-state index contributed by atoms with van der Waals surface area (Å²) in [5.41, 5.74) is 4.03. The normalized spacial score (nSPS) is 20.9. The van der Waals surface area contributed by atoms with E-state index in [0.717, 1.165) is 26.1 Å². The molecule has 19 heavy (non-hydrogen) atoms. The fraction of sp³-hybridized carbons (Fsp3) is 0.562. The second-order valence-corrected chi connectivity index (χ2v) is 5.54. The molecule has 1 unspecified atom stereocenters. The van der Waals surface area contributed by atoms with Crippen molar-refractivity contribution < 1.29 is 0 Å². The van der Waals surface area contributed by atoms with Crippen LogP contribution in [0, 0.1) is 25.2 Å². The number of para-hydroxylation sites is 1. The highest BCUT2D eigenvalue weighted by atomic mass is 15.2. The largest absolute Gasteiger partial charge is 0.369 e. The number of nitrogens with zero attached hydrogens (tertiary/aromatic N) is 3. The van der Waals surface area contributed by atoms with Gasteiger partial charge in [-0.05, 0) is 45.0 Å². The van der Waals surface area contributed by atoms with Crippen LogP contribution in [0.3, 0.4) is 0 Å². The molecule has 1 aliphatic rings. The standard InChI is InChI=1S/C16H23N3/c1-13-6-4-7-14(2)16(13)19-11-5-10-18(3)15(12-19)8-9-17/h4,6-7,15H,5,8,10-12H2,1-3H3. The quantitative estimate of drug-likeness (QED) is 0.816. The first-order valence-electron chi connectivity index (χ1n) is 7.02. The predicted octanol–water partition coefficient (Wildman–Crippen LogP) is 2.73. The van der Waals surface area contributed by atoms with Crippen LogP contribution < -0.4 is 4.90 Å². The van der Waals surface area contributed by atoms with Crippen molar-refractivity contribution in [3.63, 3.8) is 0 Å². The van der Waals surface area contributed by atoms with E-state index in [4.69, 9.17) is 5.26 Å². The Morgan fingerprint density at radius 1 is 1.26 bits per heavy atom. The fourth-order valence-corrected chi connectivity index (χ4v) is 3.01. The van der Waals surface area contributed by atoms with Crippen molar-refractivity contribution in [3.05, 3.63) is 29.3 Å². The van der Waals surface area contributed by atoms with Crippen molar-refractivity contribution in [2.45, 2.75) is 32.7 Å². The zero-order valence-corrected chi connectivity index (χ0v) is 12.2. The van der Waals surface area contributed by atoms with Crippen LogP contribution in [0.4, 0.5) is 5.69 Å². The van der Waals surface area contributed by atoms with Crippen LogP contribution in [0.2, 0.25) is 0 Å². The molecule has 0 spiro atoms. The molecule has 1 fully saturated rings. The Hall–Kier alpha value is -1.53. The van der Waals surface area contributed by atoms with Crippen molar-refractivity contribution in [3.8, 4) is 6.07 Å². The molecular weight excluding hydrogens is 234 g/mol. The van der Waals surface area contributed by atoms with Crippen LogP contribution in [-0.4, -0.2) is 37.6 Å². The van der Waals surface area contributed by atoms with Gasteiger partial charge < -0.3 is 9.80 Å². The second-order valence-electron chi connectivity index (χ2n) is 5.54. The van der Waals surface area contributed by atoms with Gasteiger partial charge in [0.2, 0.25) is 0 Å². The van der Waals surface area contributed by atoms with Gasteiger partial charge in [0.1, 0.15) is 0 Å². The van der Waals surface area contributed by atoms with E-state index in [1.165, 1.54) is 16.8 Å². The van der Waals surface area contributed by atoms with Gasteiger partial charge in [-0.2, -0.15) is 5.26 Å². The molecule has 1 saturated heterocycles. The average Bonchev–Trinajstić information content (AvgIpc) is 2.53. The van der Waals surface area contributed by atoms with Gasteiger partial charge in [0.15, 0.2) is 0 Å². The van der Waals surface area contributed by atoms with Crippen LogP contribution in [0.25, 0.3) is 0 Å². The SMILES string of the molecule is Cc1cccc(C)c1N1CCCN(C)C(CC#N)C1. The van der Waals surface area contributed by atoms with E-state index in [-0.39, 0.29) is 0 Å². The van der Waals surface area contributed by atoms with Crippen LogP contribution in [0.15, 0.2) is 18.2 Å². The van der Waals surface area contributed by atoms with Crippen molar-refractivity contribution >= 4 is 5.69 Å². The topological polar surface area (TPSA) is 30.3 Å². The Labute approximate surface area is 116 Å². The maximum atomic E-state index is 9.00. The van der Waals surface area contributed by atoms with E-state index in [2.05, 4.69) is 55.0 Å². The van der Waals surface area contributed by atoms with Gasteiger partial charge in [0.05, 0.1) is 12.5 Å². The minimum atomic E-state index is 0.339. The molecule has 1 aromatic rings. The first-order chi connectivity index (χ1) is 9.13. The summed E-state index contributed by atoms with van der Waals surface area (Å²) >= 11 is 0. The molecule has 0 amide bonds. The molecule has 1 heterocycles. The molecule has 1 aromatic carbocycles. The summed E-state index contributed by atoms with van der Waals surface area (Å²) in [5.74, 6) is 0. The van der Waals surface area contributed by atoms with Crippen molar-refractivity contribution in [2.24, 2.45) is 0 Å². The molecule has 0 N–H and O–H groups in total. The molecule has 0 saturated carbocycles. The van der Waals surface area contributed by atoms with Crippen molar-refractivity contribution in [2.75, 3.05) is 31.6 Å². The molecule has 0 aliphatic carbocycles. The zero-order valence-electron chi connectivity index (χ0n) is 12.2. The lowest BCUT2D eigenvalue weighted by Crippen LogP contribution is -2.39. The van der Waals surface area contributed by atoms with Gasteiger partial charge in [0, 0.05) is 24.8 Å². The molecule has 102 valence electrons. The number of hydrogen-bond acceptors (Lipinski definition) is 3. The minimum Gasteiger partial charge on any atom is -0.369 e. The molecule has 0 aromatic heterocycles. The average molecular weight is 257 g/mol. The first-order valence-corrected chi connectivity index (χ1v) is 7.02. The summed E-state index contributed by atoms with van der Waals surface area (Å²) in [6.45, 7) is 7.47. The van der Waals surface area contributed by atoms with E-state index in [0.29, 0.717) is 12.5 Å². The predicted molar refractivity (Wildman–Crippen MR) is 79.4 cm³/mol. The Balaban J connectivity index is 2.26. The van der Waals surface area contributed by atoms with E-state index in [9.17, 15) is 0 Å². The number of likely N-dealkylation sites (N-methyl/N-ethyl adjacent to an activating group) is 1. The Kier molecular flexibility index (Phi) is 4.44. The number of aryl methyl sites for hydroxylation is 2. The van der Waals surface area contributed by atoms with Crippen LogP contribution >= 0.6 is 0 Å². The van der Waals surface area contributed by atoms with E-state index in [1.807, 2.05) is 0 Å². The van der Waals surface area contributed by atoms with Crippen molar-refractivity contribution in [1.29, 1.82) is 5.26 Å². The number of nitriles is 1. The Bertz CT molecular complexity index is 455. The molecule has 1 aliphatic heterocycles. The van der Waals surface area contributed by atoms with Crippen LogP contribution in [-0.2, 0) is 0 Å². The van der Waals surface area contributed by atoms with E-state index < -0.39 is 0 Å². The maximum absolute atomic E-state index is 9.00. The molecule has 0 bridgehead atoms. The summed E-state index contributed by atoms with van der Waals surface area (Å²) in [7, 11) is 2.14. The lowest BCUT2D eigenvalue weighted by molar-refractivity contribution is 0.264. The minimum absolute atomic E-state index is 0.339. The van der Waals surface area contributed by atoms with Gasteiger partial charge in [-0.1, -0.05) is 18.2 Å². The molecular formula is C16H23N3. The molecule has 0 radical (unpaired) electrons. The highest BCUT2D eigenvalue weighted by Crippen LogP contribution is 2.27. The Morgan fingerprint density at radius 3 is 2.58 bits per heavy atom. The third-order valence-electron chi connectivity index (χ3n) is 4.08. The Morgan fingerprint density at radius 2 is 1.95 bits per heavy atom. The monoisotopic (exact) mass is 257 g/mol.